The number of ketones is 2. The zero-order valence-electron chi connectivity index (χ0n) is 19.6. The van der Waals surface area contributed by atoms with Crippen molar-refractivity contribution in [2.24, 2.45) is 0 Å². The maximum atomic E-state index is 13.0. The van der Waals surface area contributed by atoms with Gasteiger partial charge in [0.15, 0.2) is 10.1 Å². The van der Waals surface area contributed by atoms with Crippen LogP contribution in [0.25, 0.3) is 6.08 Å². The topological polar surface area (TPSA) is 80.8 Å². The molecule has 1 heterocycles. The Morgan fingerprint density at radius 3 is 2.41 bits per heavy atom. The maximum Gasteiger partial charge on any atom is 0.379 e. The lowest BCUT2D eigenvalue weighted by Gasteiger charge is -2.11. The monoisotopic (exact) mass is 497 g/mol. The fraction of sp³-hybridized carbons (Fsp3) is 0.269. The highest BCUT2D eigenvalue weighted by Gasteiger charge is 2.34. The van der Waals surface area contributed by atoms with Crippen molar-refractivity contribution in [3.05, 3.63) is 75.9 Å². The second-order valence-electron chi connectivity index (χ2n) is 7.80. The molecule has 8 heteroatoms. The van der Waals surface area contributed by atoms with Crippen LogP contribution in [0.5, 0.6) is 0 Å². The predicted molar refractivity (Wildman–Crippen MR) is 139 cm³/mol. The van der Waals surface area contributed by atoms with Crippen molar-refractivity contribution in [1.82, 2.24) is 4.90 Å². The first-order chi connectivity index (χ1) is 16.1. The van der Waals surface area contributed by atoms with Gasteiger partial charge in [-0.2, -0.15) is 0 Å². The van der Waals surface area contributed by atoms with E-state index >= 15 is 0 Å². The number of carbonyl (C=O) groups excluding carboxylic acids is 4. The Morgan fingerprint density at radius 2 is 1.79 bits per heavy atom. The number of allylic oxidation sites excluding steroid dienone is 4. The van der Waals surface area contributed by atoms with Gasteiger partial charge in [-0.15, -0.1) is 0 Å². The van der Waals surface area contributed by atoms with E-state index in [4.69, 9.17) is 17.0 Å². The van der Waals surface area contributed by atoms with Crippen LogP contribution in [0.4, 0.5) is 0 Å². The van der Waals surface area contributed by atoms with Crippen LogP contribution in [-0.2, 0) is 23.9 Å². The number of thiocarbonyl (C=S) groups is 1. The fourth-order valence-electron chi connectivity index (χ4n) is 2.84. The standard InChI is InChI=1S/C26H27NO5S2/c1-5-6-12-32-25(31)23(29)20(21(28)13-17(2)3)16-27-24(30)22(34-26(27)33)15-18(4)14-19-10-8-7-9-11-19/h7-11,13-16H,5-6,12H2,1-4H3/b18-14-,20-16+,22-15-. The molecule has 178 valence electrons. The first-order valence-corrected chi connectivity index (χ1v) is 12.0. The molecule has 0 atom stereocenters. The van der Waals surface area contributed by atoms with Gasteiger partial charge in [-0.1, -0.05) is 79.3 Å². The number of ether oxygens (including phenoxy) is 1. The lowest BCUT2D eigenvalue weighted by Crippen LogP contribution is -2.29. The summed E-state index contributed by atoms with van der Waals surface area (Å²) in [6.45, 7) is 7.21. The van der Waals surface area contributed by atoms with Crippen LogP contribution < -0.4 is 0 Å². The van der Waals surface area contributed by atoms with Crippen LogP contribution in [0.15, 0.2) is 70.3 Å². The average molecular weight is 498 g/mol. The molecule has 1 fully saturated rings. The van der Waals surface area contributed by atoms with Crippen LogP contribution >= 0.6 is 24.0 Å². The van der Waals surface area contributed by atoms with Gasteiger partial charge in [-0.05, 0) is 50.5 Å². The molecule has 34 heavy (non-hydrogen) atoms. The van der Waals surface area contributed by atoms with E-state index in [0.717, 1.165) is 40.4 Å². The molecule has 0 unspecified atom stereocenters. The number of hydrogen-bond donors (Lipinski definition) is 0. The molecule has 0 N–H and O–H groups in total. The van der Waals surface area contributed by atoms with Crippen LogP contribution in [0, 0.1) is 0 Å². The summed E-state index contributed by atoms with van der Waals surface area (Å²) in [6.07, 6.45) is 7.25. The van der Waals surface area contributed by atoms with Crippen molar-refractivity contribution in [3.8, 4) is 0 Å². The summed E-state index contributed by atoms with van der Waals surface area (Å²) in [5, 5.41) is 0. The van der Waals surface area contributed by atoms with E-state index in [-0.39, 0.29) is 10.9 Å². The lowest BCUT2D eigenvalue weighted by atomic mass is 10.1. The average Bonchev–Trinajstić information content (AvgIpc) is 3.03. The van der Waals surface area contributed by atoms with Crippen molar-refractivity contribution in [3.63, 3.8) is 0 Å². The lowest BCUT2D eigenvalue weighted by molar-refractivity contribution is -0.152. The molecule has 0 bridgehead atoms. The fourth-order valence-corrected chi connectivity index (χ4v) is 4.10. The molecule has 0 saturated carbocycles. The summed E-state index contributed by atoms with van der Waals surface area (Å²) in [7, 11) is 0. The van der Waals surface area contributed by atoms with E-state index in [0.29, 0.717) is 16.9 Å². The molecule has 0 radical (unpaired) electrons. The molecule has 6 nitrogen and oxygen atoms in total. The van der Waals surface area contributed by atoms with Gasteiger partial charge in [0.05, 0.1) is 17.1 Å². The van der Waals surface area contributed by atoms with Gasteiger partial charge in [0.25, 0.3) is 11.7 Å². The summed E-state index contributed by atoms with van der Waals surface area (Å²) < 4.78 is 5.12. The molecule has 1 aliphatic rings. The second-order valence-corrected chi connectivity index (χ2v) is 9.47. The number of carbonyl (C=O) groups is 4. The molecule has 0 spiro atoms. The maximum absolute atomic E-state index is 13.0. The Bertz CT molecular complexity index is 1110. The minimum absolute atomic E-state index is 0.0714. The number of thioether (sulfide) groups is 1. The van der Waals surface area contributed by atoms with Crippen molar-refractivity contribution in [2.75, 3.05) is 6.61 Å². The molecule has 1 amide bonds. The van der Waals surface area contributed by atoms with Crippen molar-refractivity contribution < 1.29 is 23.9 Å². The molecule has 1 aliphatic heterocycles. The Kier molecular flexibility index (Phi) is 10.3. The zero-order chi connectivity index (χ0) is 25.3. The summed E-state index contributed by atoms with van der Waals surface area (Å²) in [4.78, 5) is 52.1. The Morgan fingerprint density at radius 1 is 1.12 bits per heavy atom. The number of nitrogens with zero attached hydrogens (tertiary/aromatic N) is 1. The summed E-state index contributed by atoms with van der Waals surface area (Å²) in [6, 6.07) is 9.63. The predicted octanol–water partition coefficient (Wildman–Crippen LogP) is 5.17. The van der Waals surface area contributed by atoms with E-state index in [1.165, 1.54) is 6.08 Å². The van der Waals surface area contributed by atoms with Crippen molar-refractivity contribution >= 4 is 57.8 Å². The molecule has 0 aromatic heterocycles. The largest absolute Gasteiger partial charge is 0.460 e. The van der Waals surface area contributed by atoms with E-state index in [1.54, 1.807) is 19.9 Å². The molecule has 1 aromatic carbocycles. The molecular formula is C26H27NO5S2. The third-order valence-electron chi connectivity index (χ3n) is 4.48. The van der Waals surface area contributed by atoms with Gasteiger partial charge in [-0.25, -0.2) is 4.79 Å². The third-order valence-corrected chi connectivity index (χ3v) is 5.81. The van der Waals surface area contributed by atoms with Crippen LogP contribution in [0.1, 0.15) is 46.1 Å². The quantitative estimate of drug-likeness (QED) is 0.0839. The Hall–Kier alpha value is -3.10. The molecule has 1 aromatic rings. The highest BCUT2D eigenvalue weighted by Crippen LogP contribution is 2.33. The normalized spacial score (nSPS) is 15.5. The first kappa shape index (κ1) is 27.1. The van der Waals surface area contributed by atoms with Gasteiger partial charge < -0.3 is 4.74 Å². The number of unbranched alkanes of at least 4 members (excludes halogenated alkanes) is 1. The van der Waals surface area contributed by atoms with Gasteiger partial charge in [-0.3, -0.25) is 19.3 Å². The van der Waals surface area contributed by atoms with Crippen LogP contribution in [0.3, 0.4) is 0 Å². The summed E-state index contributed by atoms with van der Waals surface area (Å²) in [5.74, 6) is -3.43. The molecular weight excluding hydrogens is 470 g/mol. The summed E-state index contributed by atoms with van der Waals surface area (Å²) >= 11 is 6.37. The van der Waals surface area contributed by atoms with Gasteiger partial charge >= 0.3 is 5.97 Å². The smallest absolute Gasteiger partial charge is 0.379 e. The SMILES string of the molecule is CCCCOC(=O)C(=O)/C(=C/N1C(=O)/C(=C/C(C)=C\c2ccccc2)SC1=S)C(=O)C=C(C)C. The number of hydrogen-bond acceptors (Lipinski definition) is 7. The van der Waals surface area contributed by atoms with Gasteiger partial charge in [0.2, 0.25) is 0 Å². The minimum Gasteiger partial charge on any atom is -0.460 e. The van der Waals surface area contributed by atoms with Crippen molar-refractivity contribution in [1.29, 1.82) is 0 Å². The molecule has 2 rings (SSSR count). The summed E-state index contributed by atoms with van der Waals surface area (Å²) in [5.41, 5.74) is 1.97. The second kappa shape index (κ2) is 13.0. The number of rotatable bonds is 10. The van der Waals surface area contributed by atoms with E-state index in [9.17, 15) is 19.2 Å². The third kappa shape index (κ3) is 7.74. The van der Waals surface area contributed by atoms with E-state index < -0.39 is 29.0 Å². The highest BCUT2D eigenvalue weighted by molar-refractivity contribution is 8.26. The number of benzene rings is 1. The van der Waals surface area contributed by atoms with Gasteiger partial charge in [0.1, 0.15) is 0 Å². The van der Waals surface area contributed by atoms with E-state index in [2.05, 4.69) is 0 Å². The molecule has 1 saturated heterocycles. The molecule has 0 aliphatic carbocycles. The van der Waals surface area contributed by atoms with Crippen LogP contribution in [-0.4, -0.2) is 39.3 Å². The van der Waals surface area contributed by atoms with Crippen LogP contribution in [0.2, 0.25) is 0 Å². The van der Waals surface area contributed by atoms with Gasteiger partial charge in [0, 0.05) is 6.20 Å². The van der Waals surface area contributed by atoms with Crippen molar-refractivity contribution in [2.45, 2.75) is 40.5 Å². The number of Topliss-reactive ketones (excluding diaryl/α,β-unsaturated/α-hetero) is 1. The Labute approximate surface area is 209 Å². The number of esters is 1. The minimum atomic E-state index is -1.14. The van der Waals surface area contributed by atoms with E-state index in [1.807, 2.05) is 50.3 Å². The highest BCUT2D eigenvalue weighted by atomic mass is 32.2. The number of amides is 1. The Balaban J connectivity index is 2.35. The first-order valence-electron chi connectivity index (χ1n) is 10.8. The zero-order valence-corrected chi connectivity index (χ0v) is 21.3.